The van der Waals surface area contributed by atoms with Crippen molar-refractivity contribution in [1.29, 1.82) is 0 Å². The number of esters is 1. The van der Waals surface area contributed by atoms with Crippen LogP contribution < -0.4 is 10.1 Å². The molecule has 0 amide bonds. The van der Waals surface area contributed by atoms with E-state index in [0.29, 0.717) is 11.5 Å². The summed E-state index contributed by atoms with van der Waals surface area (Å²) in [5.41, 5.74) is -0.0972. The van der Waals surface area contributed by atoms with Crippen molar-refractivity contribution in [3.8, 4) is 17.1 Å². The highest BCUT2D eigenvalue weighted by Crippen LogP contribution is 2.30. The van der Waals surface area contributed by atoms with Crippen LogP contribution in [0.3, 0.4) is 0 Å². The molecular weight excluding hydrogens is 377 g/mol. The van der Waals surface area contributed by atoms with Crippen molar-refractivity contribution >= 4 is 23.4 Å². The number of carbonyl (C=O) groups excluding carboxylic acids is 1. The van der Waals surface area contributed by atoms with Crippen molar-refractivity contribution in [2.45, 2.75) is 6.54 Å². The van der Waals surface area contributed by atoms with Crippen molar-refractivity contribution < 1.29 is 23.1 Å². The highest BCUT2D eigenvalue weighted by Gasteiger charge is 2.21. The third-order valence-corrected chi connectivity index (χ3v) is 4.02. The highest BCUT2D eigenvalue weighted by atomic mass is 35.5. The van der Waals surface area contributed by atoms with Gasteiger partial charge in [0.2, 0.25) is 0 Å². The molecule has 0 aliphatic carbocycles. The van der Waals surface area contributed by atoms with Crippen LogP contribution in [0.2, 0.25) is 5.02 Å². The van der Waals surface area contributed by atoms with E-state index in [4.69, 9.17) is 25.5 Å². The lowest BCUT2D eigenvalue weighted by molar-refractivity contribution is 0.0594. The van der Waals surface area contributed by atoms with E-state index in [0.717, 1.165) is 0 Å². The van der Waals surface area contributed by atoms with Gasteiger partial charge in [0.15, 0.2) is 11.5 Å². The molecule has 0 aliphatic heterocycles. The summed E-state index contributed by atoms with van der Waals surface area (Å²) in [7, 11) is 2.63. The molecule has 7 nitrogen and oxygen atoms in total. The quantitative estimate of drug-likeness (QED) is 0.637. The first-order valence-corrected chi connectivity index (χ1v) is 8.17. The average Bonchev–Trinajstić information content (AvgIpc) is 3.20. The summed E-state index contributed by atoms with van der Waals surface area (Å²) >= 11 is 6.24. The number of carbonyl (C=O) groups is 1. The van der Waals surface area contributed by atoms with Crippen molar-refractivity contribution in [2.24, 2.45) is 0 Å². The van der Waals surface area contributed by atoms with E-state index in [1.807, 2.05) is 0 Å². The first kappa shape index (κ1) is 18.7. The van der Waals surface area contributed by atoms with Gasteiger partial charge in [-0.1, -0.05) is 11.6 Å². The zero-order chi connectivity index (χ0) is 19.4. The van der Waals surface area contributed by atoms with E-state index >= 15 is 0 Å². The standard InChI is InChI=1S/C18H15ClFN3O4/c1-25-10-5-6-12(13(20)8-10)16-22-15(18(24)26-2)14(19)17(23-16)21-9-11-4-3-7-27-11/h3-8H,9H2,1-2H3,(H,21,22,23). The monoisotopic (exact) mass is 391 g/mol. The summed E-state index contributed by atoms with van der Waals surface area (Å²) in [6, 6.07) is 7.70. The summed E-state index contributed by atoms with van der Waals surface area (Å²) in [5, 5.41) is 2.92. The Morgan fingerprint density at radius 3 is 2.74 bits per heavy atom. The second-order valence-electron chi connectivity index (χ2n) is 5.33. The molecule has 0 spiro atoms. The molecule has 0 saturated heterocycles. The molecule has 0 unspecified atom stereocenters. The van der Waals surface area contributed by atoms with E-state index in [1.54, 1.807) is 18.2 Å². The third-order valence-electron chi connectivity index (χ3n) is 3.66. The molecule has 3 rings (SSSR count). The first-order chi connectivity index (χ1) is 13.0. The number of hydrogen-bond acceptors (Lipinski definition) is 7. The number of furan rings is 1. The second kappa shape index (κ2) is 8.05. The molecule has 0 atom stereocenters. The van der Waals surface area contributed by atoms with Crippen LogP contribution in [-0.2, 0) is 11.3 Å². The zero-order valence-corrected chi connectivity index (χ0v) is 15.2. The molecule has 1 aromatic carbocycles. The fraction of sp³-hybridized carbons (Fsp3) is 0.167. The Kier molecular flexibility index (Phi) is 5.56. The zero-order valence-electron chi connectivity index (χ0n) is 14.5. The Labute approximate surface area is 159 Å². The van der Waals surface area contributed by atoms with Crippen LogP contribution in [-0.4, -0.2) is 30.2 Å². The number of ether oxygens (including phenoxy) is 2. The van der Waals surface area contributed by atoms with E-state index in [-0.39, 0.29) is 34.5 Å². The van der Waals surface area contributed by atoms with Gasteiger partial charge in [-0.15, -0.1) is 0 Å². The molecule has 27 heavy (non-hydrogen) atoms. The number of nitrogens with one attached hydrogen (secondary N) is 1. The third kappa shape index (κ3) is 4.01. The van der Waals surface area contributed by atoms with Gasteiger partial charge in [-0.05, 0) is 24.3 Å². The number of nitrogens with zero attached hydrogens (tertiary/aromatic N) is 2. The number of rotatable bonds is 6. The summed E-state index contributed by atoms with van der Waals surface area (Å²) in [6.07, 6.45) is 1.52. The number of benzene rings is 1. The van der Waals surface area contributed by atoms with Crippen molar-refractivity contribution in [1.82, 2.24) is 9.97 Å². The molecule has 1 N–H and O–H groups in total. The van der Waals surface area contributed by atoms with Crippen LogP contribution in [0.15, 0.2) is 41.0 Å². The average molecular weight is 392 g/mol. The lowest BCUT2D eigenvalue weighted by Gasteiger charge is -2.12. The molecule has 0 fully saturated rings. The fourth-order valence-corrected chi connectivity index (χ4v) is 2.53. The van der Waals surface area contributed by atoms with Crippen molar-refractivity contribution in [3.05, 3.63) is 58.9 Å². The van der Waals surface area contributed by atoms with Crippen LogP contribution in [0.25, 0.3) is 11.4 Å². The Morgan fingerprint density at radius 2 is 2.11 bits per heavy atom. The Hall–Kier alpha value is -3.13. The maximum absolute atomic E-state index is 14.4. The van der Waals surface area contributed by atoms with Gasteiger partial charge in [-0.2, -0.15) is 0 Å². The minimum absolute atomic E-state index is 0.0260. The number of hydrogen-bond donors (Lipinski definition) is 1. The molecule has 2 heterocycles. The minimum atomic E-state index is -0.765. The molecule has 2 aromatic heterocycles. The molecular formula is C18H15ClFN3O4. The molecule has 0 radical (unpaired) electrons. The normalized spacial score (nSPS) is 10.5. The number of aromatic nitrogens is 2. The van der Waals surface area contributed by atoms with Gasteiger partial charge in [-0.25, -0.2) is 19.2 Å². The van der Waals surface area contributed by atoms with Gasteiger partial charge in [0.05, 0.1) is 32.6 Å². The molecule has 0 aliphatic rings. The highest BCUT2D eigenvalue weighted by molar-refractivity contribution is 6.35. The van der Waals surface area contributed by atoms with Crippen LogP contribution >= 0.6 is 11.6 Å². The van der Waals surface area contributed by atoms with Gasteiger partial charge >= 0.3 is 5.97 Å². The van der Waals surface area contributed by atoms with E-state index in [1.165, 1.54) is 32.6 Å². The summed E-state index contributed by atoms with van der Waals surface area (Å²) in [6.45, 7) is 0.259. The van der Waals surface area contributed by atoms with Crippen LogP contribution in [0, 0.1) is 5.82 Å². The summed E-state index contributed by atoms with van der Waals surface area (Å²) in [4.78, 5) is 20.4. The molecule has 3 aromatic rings. The molecule has 140 valence electrons. The second-order valence-corrected chi connectivity index (χ2v) is 5.71. The number of methoxy groups -OCH3 is 2. The number of anilines is 1. The SMILES string of the molecule is COC(=O)c1nc(-c2ccc(OC)cc2F)nc(NCc2ccco2)c1Cl. The largest absolute Gasteiger partial charge is 0.497 e. The smallest absolute Gasteiger partial charge is 0.358 e. The van der Waals surface area contributed by atoms with Gasteiger partial charge in [-0.3, -0.25) is 0 Å². The van der Waals surface area contributed by atoms with Gasteiger partial charge in [0.25, 0.3) is 0 Å². The predicted molar refractivity (Wildman–Crippen MR) is 96.4 cm³/mol. The van der Waals surface area contributed by atoms with E-state index in [2.05, 4.69) is 15.3 Å². The topological polar surface area (TPSA) is 86.5 Å². The molecule has 0 saturated carbocycles. The minimum Gasteiger partial charge on any atom is -0.497 e. The van der Waals surface area contributed by atoms with Crippen molar-refractivity contribution in [2.75, 3.05) is 19.5 Å². The fourth-order valence-electron chi connectivity index (χ4n) is 2.30. The van der Waals surface area contributed by atoms with Crippen LogP contribution in [0.5, 0.6) is 5.75 Å². The van der Waals surface area contributed by atoms with Gasteiger partial charge in [0.1, 0.15) is 28.2 Å². The van der Waals surface area contributed by atoms with Crippen LogP contribution in [0.4, 0.5) is 10.2 Å². The lowest BCUT2D eigenvalue weighted by Crippen LogP contribution is -2.11. The predicted octanol–water partition coefficient (Wildman–Crippen LogP) is 3.94. The number of halogens is 2. The summed E-state index contributed by atoms with van der Waals surface area (Å²) in [5.74, 6) is -0.283. The molecule has 9 heteroatoms. The first-order valence-electron chi connectivity index (χ1n) is 7.79. The van der Waals surface area contributed by atoms with Crippen molar-refractivity contribution in [3.63, 3.8) is 0 Å². The Morgan fingerprint density at radius 1 is 1.30 bits per heavy atom. The van der Waals surface area contributed by atoms with Crippen LogP contribution in [0.1, 0.15) is 16.2 Å². The Bertz CT molecular complexity index is 963. The van der Waals surface area contributed by atoms with E-state index in [9.17, 15) is 9.18 Å². The Balaban J connectivity index is 2.05. The summed E-state index contributed by atoms with van der Waals surface area (Å²) < 4.78 is 29.4. The molecule has 0 bridgehead atoms. The maximum Gasteiger partial charge on any atom is 0.358 e. The van der Waals surface area contributed by atoms with Gasteiger partial charge in [0, 0.05) is 6.07 Å². The maximum atomic E-state index is 14.4. The van der Waals surface area contributed by atoms with Gasteiger partial charge < -0.3 is 19.2 Å². The lowest BCUT2D eigenvalue weighted by atomic mass is 10.2. The van der Waals surface area contributed by atoms with E-state index < -0.39 is 11.8 Å².